The monoisotopic (exact) mass is 168 g/mol. The molecule has 0 saturated carbocycles. The predicted octanol–water partition coefficient (Wildman–Crippen LogP) is 0.416. The van der Waals surface area contributed by atoms with E-state index in [0.29, 0.717) is 0 Å². The first kappa shape index (κ1) is 8.80. The number of furan rings is 1. The summed E-state index contributed by atoms with van der Waals surface area (Å²) in [5, 5.41) is 2.67. The minimum absolute atomic E-state index is 0.00501. The molecule has 1 atom stereocenters. The molecule has 1 heterocycles. The van der Waals surface area contributed by atoms with Crippen molar-refractivity contribution in [1.29, 1.82) is 0 Å². The summed E-state index contributed by atoms with van der Waals surface area (Å²) >= 11 is 0. The number of hydrogen-bond acceptors (Lipinski definition) is 3. The standard InChI is InChI=1S/C8H12N2O2/c1-6(10-8(11)5-9)7-3-2-4-12-7/h2-4,6H,5,9H2,1H3,(H,10,11). The van der Waals surface area contributed by atoms with Gasteiger partial charge in [0.15, 0.2) is 0 Å². The Morgan fingerprint density at radius 2 is 2.58 bits per heavy atom. The maximum absolute atomic E-state index is 10.8. The average Bonchev–Trinajstić information content (AvgIpc) is 2.56. The lowest BCUT2D eigenvalue weighted by Gasteiger charge is -2.09. The van der Waals surface area contributed by atoms with Gasteiger partial charge in [-0.3, -0.25) is 4.79 Å². The second-order valence-corrected chi connectivity index (χ2v) is 2.51. The van der Waals surface area contributed by atoms with Gasteiger partial charge in [-0.15, -0.1) is 0 Å². The van der Waals surface area contributed by atoms with E-state index in [0.717, 1.165) is 5.76 Å². The van der Waals surface area contributed by atoms with Gasteiger partial charge in [-0.1, -0.05) is 0 Å². The summed E-state index contributed by atoms with van der Waals surface area (Å²) in [5.41, 5.74) is 5.13. The summed E-state index contributed by atoms with van der Waals surface area (Å²) in [5.74, 6) is 0.552. The van der Waals surface area contributed by atoms with Gasteiger partial charge in [-0.2, -0.15) is 0 Å². The highest BCUT2D eigenvalue weighted by molar-refractivity contribution is 5.78. The maximum atomic E-state index is 10.8. The van der Waals surface area contributed by atoms with Crippen LogP contribution >= 0.6 is 0 Å². The Morgan fingerprint density at radius 1 is 1.83 bits per heavy atom. The summed E-state index contributed by atoms with van der Waals surface area (Å²) in [6.45, 7) is 1.84. The normalized spacial score (nSPS) is 12.5. The van der Waals surface area contributed by atoms with Gasteiger partial charge in [0.2, 0.25) is 5.91 Å². The molecule has 0 aliphatic rings. The first-order valence-corrected chi connectivity index (χ1v) is 3.77. The molecule has 4 nitrogen and oxygen atoms in total. The number of hydrogen-bond donors (Lipinski definition) is 2. The molecule has 1 rings (SSSR count). The van der Waals surface area contributed by atoms with Gasteiger partial charge in [0.05, 0.1) is 18.8 Å². The molecule has 12 heavy (non-hydrogen) atoms. The Hall–Kier alpha value is -1.29. The molecule has 3 N–H and O–H groups in total. The van der Waals surface area contributed by atoms with Crippen molar-refractivity contribution in [2.75, 3.05) is 6.54 Å². The van der Waals surface area contributed by atoms with Crippen LogP contribution < -0.4 is 11.1 Å². The van der Waals surface area contributed by atoms with E-state index in [9.17, 15) is 4.79 Å². The molecular formula is C8H12N2O2. The van der Waals surface area contributed by atoms with Crippen LogP contribution in [0.25, 0.3) is 0 Å². The van der Waals surface area contributed by atoms with Crippen molar-refractivity contribution in [3.63, 3.8) is 0 Å². The van der Waals surface area contributed by atoms with E-state index in [1.165, 1.54) is 0 Å². The minimum Gasteiger partial charge on any atom is -0.467 e. The second kappa shape index (κ2) is 3.92. The van der Waals surface area contributed by atoms with E-state index in [4.69, 9.17) is 10.2 Å². The highest BCUT2D eigenvalue weighted by Crippen LogP contribution is 2.11. The van der Waals surface area contributed by atoms with Crippen molar-refractivity contribution in [1.82, 2.24) is 5.32 Å². The number of nitrogens with one attached hydrogen (secondary N) is 1. The molecule has 0 spiro atoms. The van der Waals surface area contributed by atoms with Crippen molar-refractivity contribution < 1.29 is 9.21 Å². The van der Waals surface area contributed by atoms with Crippen molar-refractivity contribution in [2.45, 2.75) is 13.0 Å². The van der Waals surface area contributed by atoms with Crippen LogP contribution in [0.4, 0.5) is 0 Å². The topological polar surface area (TPSA) is 68.3 Å². The van der Waals surface area contributed by atoms with Crippen LogP contribution in [0, 0.1) is 0 Å². The molecule has 0 radical (unpaired) electrons. The van der Waals surface area contributed by atoms with Gasteiger partial charge in [0, 0.05) is 0 Å². The van der Waals surface area contributed by atoms with Crippen LogP contribution in [0.2, 0.25) is 0 Å². The van der Waals surface area contributed by atoms with Crippen LogP contribution in [0.15, 0.2) is 22.8 Å². The second-order valence-electron chi connectivity index (χ2n) is 2.51. The summed E-state index contributed by atoms with van der Waals surface area (Å²) < 4.78 is 5.09. The Labute approximate surface area is 70.7 Å². The van der Waals surface area contributed by atoms with E-state index in [2.05, 4.69) is 5.32 Å². The summed E-state index contributed by atoms with van der Waals surface area (Å²) in [6, 6.07) is 3.47. The van der Waals surface area contributed by atoms with Gasteiger partial charge in [-0.05, 0) is 19.1 Å². The SMILES string of the molecule is CC(NC(=O)CN)c1ccco1. The molecule has 0 bridgehead atoms. The highest BCUT2D eigenvalue weighted by atomic mass is 16.3. The molecule has 1 unspecified atom stereocenters. The highest BCUT2D eigenvalue weighted by Gasteiger charge is 2.09. The van der Waals surface area contributed by atoms with Crippen LogP contribution in [0.1, 0.15) is 18.7 Å². The van der Waals surface area contributed by atoms with Crippen molar-refractivity contribution >= 4 is 5.91 Å². The van der Waals surface area contributed by atoms with Gasteiger partial charge >= 0.3 is 0 Å². The van der Waals surface area contributed by atoms with Crippen LogP contribution in [0.5, 0.6) is 0 Å². The fraction of sp³-hybridized carbons (Fsp3) is 0.375. The Morgan fingerprint density at radius 3 is 3.08 bits per heavy atom. The summed E-state index contributed by atoms with van der Waals surface area (Å²) in [6.07, 6.45) is 1.57. The Bertz CT molecular complexity index is 244. The first-order chi connectivity index (χ1) is 5.74. The Kier molecular flexibility index (Phi) is 2.88. The van der Waals surface area contributed by atoms with E-state index in [1.807, 2.05) is 13.0 Å². The molecular weight excluding hydrogens is 156 g/mol. The molecule has 0 aliphatic heterocycles. The number of rotatable bonds is 3. The third-order valence-electron chi connectivity index (χ3n) is 1.53. The van der Waals surface area contributed by atoms with Crippen LogP contribution in [0.3, 0.4) is 0 Å². The largest absolute Gasteiger partial charge is 0.467 e. The van der Waals surface area contributed by atoms with Crippen molar-refractivity contribution in [2.24, 2.45) is 5.73 Å². The molecule has 0 aromatic carbocycles. The zero-order valence-corrected chi connectivity index (χ0v) is 6.91. The Balaban J connectivity index is 2.49. The zero-order valence-electron chi connectivity index (χ0n) is 6.91. The number of carbonyl (C=O) groups excluding carboxylic acids is 1. The first-order valence-electron chi connectivity index (χ1n) is 3.77. The molecule has 0 saturated heterocycles. The van der Waals surface area contributed by atoms with Crippen molar-refractivity contribution in [3.05, 3.63) is 24.2 Å². The van der Waals surface area contributed by atoms with Gasteiger partial charge < -0.3 is 15.5 Å². The molecule has 0 aliphatic carbocycles. The predicted molar refractivity (Wildman–Crippen MR) is 44.3 cm³/mol. The third kappa shape index (κ3) is 2.10. The molecule has 66 valence electrons. The number of nitrogens with two attached hydrogens (primary N) is 1. The van der Waals surface area contributed by atoms with E-state index in [-0.39, 0.29) is 18.5 Å². The lowest BCUT2D eigenvalue weighted by molar-refractivity contribution is -0.120. The zero-order chi connectivity index (χ0) is 8.97. The van der Waals surface area contributed by atoms with Gasteiger partial charge in [0.1, 0.15) is 5.76 Å². The minimum atomic E-state index is -0.182. The lowest BCUT2D eigenvalue weighted by atomic mass is 10.2. The van der Waals surface area contributed by atoms with E-state index in [1.54, 1.807) is 12.3 Å². The van der Waals surface area contributed by atoms with Crippen molar-refractivity contribution in [3.8, 4) is 0 Å². The van der Waals surface area contributed by atoms with Crippen LogP contribution in [-0.2, 0) is 4.79 Å². The third-order valence-corrected chi connectivity index (χ3v) is 1.53. The molecule has 1 amide bonds. The van der Waals surface area contributed by atoms with Gasteiger partial charge in [-0.25, -0.2) is 0 Å². The fourth-order valence-corrected chi connectivity index (χ4v) is 0.909. The van der Waals surface area contributed by atoms with E-state index >= 15 is 0 Å². The van der Waals surface area contributed by atoms with E-state index < -0.39 is 0 Å². The molecule has 1 aromatic rings. The van der Waals surface area contributed by atoms with Crippen LogP contribution in [-0.4, -0.2) is 12.5 Å². The fourth-order valence-electron chi connectivity index (χ4n) is 0.909. The number of carbonyl (C=O) groups is 1. The summed E-state index contributed by atoms with van der Waals surface area (Å²) in [4.78, 5) is 10.8. The lowest BCUT2D eigenvalue weighted by Crippen LogP contribution is -2.32. The average molecular weight is 168 g/mol. The molecule has 1 aromatic heterocycles. The molecule has 0 fully saturated rings. The smallest absolute Gasteiger partial charge is 0.234 e. The van der Waals surface area contributed by atoms with Gasteiger partial charge in [0.25, 0.3) is 0 Å². The number of amides is 1. The summed E-state index contributed by atoms with van der Waals surface area (Å²) in [7, 11) is 0. The molecule has 4 heteroatoms. The maximum Gasteiger partial charge on any atom is 0.234 e. The quantitative estimate of drug-likeness (QED) is 0.687.